The predicted octanol–water partition coefficient (Wildman–Crippen LogP) is 10.6. The van der Waals surface area contributed by atoms with Crippen LogP contribution in [0.5, 0.6) is 0 Å². The molecule has 4 aliphatic rings. The second kappa shape index (κ2) is 28.3. The molecule has 4 aliphatic heterocycles. The van der Waals surface area contributed by atoms with Gasteiger partial charge >= 0.3 is 36.6 Å². The molecule has 0 N–H and O–H groups in total. The average molecular weight is 1370 g/mol. The van der Waals surface area contributed by atoms with Gasteiger partial charge in [-0.1, -0.05) is 0 Å². The first-order chi connectivity index (χ1) is 45.2. The Hall–Kier alpha value is -8.91. The number of carbonyl (C=O) groups excluding carboxylic acids is 6. The number of likely N-dealkylation sites (tertiary alicyclic amines) is 2. The van der Waals surface area contributed by atoms with Crippen LogP contribution in [0.1, 0.15) is 150 Å². The molecule has 6 aromatic heterocycles. The van der Waals surface area contributed by atoms with Gasteiger partial charge in [-0.25, -0.2) is 78.6 Å². The van der Waals surface area contributed by atoms with E-state index in [0.29, 0.717) is 152 Å². The lowest BCUT2D eigenvalue weighted by molar-refractivity contribution is 0.0278. The molecule has 2 atom stereocenters. The summed E-state index contributed by atoms with van der Waals surface area (Å²) >= 11 is 6.79. The second-order valence-corrected chi connectivity index (χ2v) is 29.9. The summed E-state index contributed by atoms with van der Waals surface area (Å²) in [5.41, 5.74) is -1.76. The molecule has 97 heavy (non-hydrogen) atoms. The number of anilines is 4. The Labute approximate surface area is 568 Å². The molecule has 4 fully saturated rings. The Kier molecular flexibility index (Phi) is 21.1. The smallest absolute Gasteiger partial charge is 0.427 e. The van der Waals surface area contributed by atoms with Gasteiger partial charge in [-0.15, -0.1) is 9.80 Å². The van der Waals surface area contributed by atoms with Gasteiger partial charge in [-0.3, -0.25) is 4.57 Å². The zero-order valence-electron chi connectivity index (χ0n) is 58.6. The Bertz CT molecular complexity index is 3800. The van der Waals surface area contributed by atoms with Crippen LogP contribution in [-0.4, -0.2) is 218 Å². The van der Waals surface area contributed by atoms with Crippen molar-refractivity contribution in [2.24, 2.45) is 0 Å². The number of halogens is 1. The van der Waals surface area contributed by atoms with Crippen molar-refractivity contribution in [2.45, 2.75) is 183 Å². The number of nitrogens with zero attached hydrogens (tertiary/aromatic N) is 18. The fourth-order valence-corrected chi connectivity index (χ4v) is 10.7. The number of ether oxygens (including phenoxy) is 8. The highest BCUT2D eigenvalue weighted by Crippen LogP contribution is 2.37. The van der Waals surface area contributed by atoms with Crippen LogP contribution in [0, 0.1) is 0 Å². The van der Waals surface area contributed by atoms with Crippen LogP contribution < -0.4 is 19.6 Å². The van der Waals surface area contributed by atoms with Crippen LogP contribution in [0.15, 0.2) is 31.1 Å². The zero-order valence-corrected chi connectivity index (χ0v) is 59.3. The lowest BCUT2D eigenvalue weighted by Crippen LogP contribution is -2.44. The molecular weight excluding hydrogens is 1280 g/mol. The minimum absolute atomic E-state index is 0.0855. The molecule has 10 rings (SSSR count). The molecule has 4 saturated heterocycles. The number of rotatable bonds is 8. The van der Waals surface area contributed by atoms with Crippen molar-refractivity contribution in [2.75, 3.05) is 98.4 Å². The Morgan fingerprint density at radius 1 is 0.443 bits per heavy atom. The minimum Gasteiger partial charge on any atom is -0.444 e. The molecule has 6 amide bonds. The van der Waals surface area contributed by atoms with Crippen LogP contribution in [0.25, 0.3) is 45.1 Å². The number of fused-ring (bicyclic) bond motifs is 2. The molecular formula is C64H89ClN18O14. The van der Waals surface area contributed by atoms with E-state index in [1.165, 1.54) is 24.8 Å². The van der Waals surface area contributed by atoms with Crippen LogP contribution in [0.2, 0.25) is 5.28 Å². The van der Waals surface area contributed by atoms with Gasteiger partial charge in [0.1, 0.15) is 33.6 Å². The fourth-order valence-electron chi connectivity index (χ4n) is 10.4. The SMILES string of the molecule is CC(C)(C)OC(=O)N1CC[C@H](n2c(Cl)nc3c(N4CCOCC4)nc(-c4cnc(N(C(=O)OC(C)(C)C)C(=O)OC(C)(C)C)nc4)nc32)C1.CC(C)(C)OC(=O)N1CC[C@H](n2cnc3c(N4CCOCC4)nc(-c4cnc(N(C(=O)OC(C)(C)C)C(=O)OC(C)(C)C)nc4)nc32)C1. The summed E-state index contributed by atoms with van der Waals surface area (Å²) in [5, 5.41) is 0.212. The molecule has 6 aromatic rings. The van der Waals surface area contributed by atoms with Gasteiger partial charge in [0.15, 0.2) is 45.6 Å². The molecule has 0 aliphatic carbocycles. The van der Waals surface area contributed by atoms with Gasteiger partial charge in [0.05, 0.1) is 56.0 Å². The van der Waals surface area contributed by atoms with Crippen molar-refractivity contribution < 1.29 is 66.7 Å². The molecule has 32 nitrogen and oxygen atoms in total. The standard InChI is InChI=1S/C32H44ClN9O7.C32H45N9O7/c1-30(2,3)47-27(43)40-11-10-20(18-40)41-24-21(36-25(41)33)23(39-12-14-46-15-13-39)37-22(38-24)19-16-34-26(35-17-19)42(28(44)48-31(4,5)6)29(45)49-32(7,8)9;1-30(2,3)46-27(42)39-11-10-21(18-39)40-19-35-22-24(38-12-14-45-15-13-38)36-23(37-25(22)40)20-16-33-26(34-17-20)41(28(43)47-31(4,5)6)29(44)48-32(7,8)9/h16-17,20H,10-15,18H2,1-9H3;16-17,19,21H,10-15,18H2,1-9H3/t20-;21-/m00/s1. The van der Waals surface area contributed by atoms with E-state index in [4.69, 9.17) is 74.4 Å². The Morgan fingerprint density at radius 3 is 1.18 bits per heavy atom. The van der Waals surface area contributed by atoms with Crippen molar-refractivity contribution in [1.29, 1.82) is 0 Å². The Morgan fingerprint density at radius 2 is 0.794 bits per heavy atom. The topological polar surface area (TPSA) is 334 Å². The van der Waals surface area contributed by atoms with E-state index in [1.807, 2.05) is 55.6 Å². The first-order valence-electron chi connectivity index (χ1n) is 32.2. The number of imide groups is 2. The van der Waals surface area contributed by atoms with Crippen LogP contribution >= 0.6 is 11.6 Å². The van der Waals surface area contributed by atoms with Gasteiger partial charge in [0, 0.05) is 77.1 Å². The summed E-state index contributed by atoms with van der Waals surface area (Å²) in [6, 6.07) is -0.308. The highest BCUT2D eigenvalue weighted by atomic mass is 35.5. The van der Waals surface area contributed by atoms with Crippen molar-refractivity contribution >= 4 is 94.0 Å². The quantitative estimate of drug-likeness (QED) is 0.101. The van der Waals surface area contributed by atoms with E-state index < -0.39 is 64.1 Å². The van der Waals surface area contributed by atoms with Gasteiger partial charge in [0.25, 0.3) is 0 Å². The number of morpholine rings is 2. The van der Waals surface area contributed by atoms with Crippen molar-refractivity contribution in [1.82, 2.24) is 68.8 Å². The lowest BCUT2D eigenvalue weighted by Gasteiger charge is -2.28. The predicted molar refractivity (Wildman–Crippen MR) is 357 cm³/mol. The third-order valence-electron chi connectivity index (χ3n) is 14.4. The second-order valence-electron chi connectivity index (χ2n) is 29.6. The fraction of sp³-hybridized carbons (Fsp3) is 0.625. The number of hydrogen-bond acceptors (Lipinski definition) is 26. The lowest BCUT2D eigenvalue weighted by atomic mass is 10.2. The molecule has 0 aromatic carbocycles. The number of amides is 6. The van der Waals surface area contributed by atoms with E-state index in [0.717, 1.165) is 0 Å². The highest BCUT2D eigenvalue weighted by molar-refractivity contribution is 6.29. The minimum atomic E-state index is -0.989. The first kappa shape index (κ1) is 72.4. The van der Waals surface area contributed by atoms with Gasteiger partial charge < -0.3 is 62.1 Å². The normalized spacial score (nSPS) is 17.4. The van der Waals surface area contributed by atoms with Crippen molar-refractivity contribution in [3.05, 3.63) is 36.4 Å². The largest absolute Gasteiger partial charge is 0.444 e. The molecule has 0 bridgehead atoms. The monoisotopic (exact) mass is 1370 g/mol. The molecule has 10 heterocycles. The Balaban J connectivity index is 0.000000227. The summed E-state index contributed by atoms with van der Waals surface area (Å²) < 4.78 is 48.0. The number of imidazole rings is 2. The van der Waals surface area contributed by atoms with E-state index in [1.54, 1.807) is 99.2 Å². The maximum atomic E-state index is 13.1. The van der Waals surface area contributed by atoms with Gasteiger partial charge in [-0.05, 0) is 149 Å². The van der Waals surface area contributed by atoms with Crippen molar-refractivity contribution in [3.63, 3.8) is 0 Å². The summed E-state index contributed by atoms with van der Waals surface area (Å²) in [7, 11) is 0. The highest BCUT2D eigenvalue weighted by Gasteiger charge is 2.39. The van der Waals surface area contributed by atoms with E-state index in [9.17, 15) is 28.8 Å². The third-order valence-corrected chi connectivity index (χ3v) is 14.7. The number of carbonyl (C=O) groups is 6. The molecule has 0 saturated carbocycles. The molecule has 0 unspecified atom stereocenters. The van der Waals surface area contributed by atoms with Crippen LogP contribution in [0.4, 0.5) is 52.3 Å². The summed E-state index contributed by atoms with van der Waals surface area (Å²) in [5.74, 6) is 1.30. The van der Waals surface area contributed by atoms with Gasteiger partial charge in [-0.2, -0.15) is 0 Å². The summed E-state index contributed by atoms with van der Waals surface area (Å²) in [6.45, 7) is 37.5. The maximum Gasteiger partial charge on any atom is 0.427 e. The third kappa shape index (κ3) is 18.6. The molecule has 0 spiro atoms. The van der Waals surface area contributed by atoms with Crippen LogP contribution in [0.3, 0.4) is 0 Å². The molecule has 0 radical (unpaired) electrons. The molecule has 526 valence electrons. The van der Waals surface area contributed by atoms with E-state index in [-0.39, 0.29) is 41.2 Å². The van der Waals surface area contributed by atoms with Crippen LogP contribution in [-0.2, 0) is 37.9 Å². The number of hydrogen-bond donors (Lipinski definition) is 0. The maximum absolute atomic E-state index is 13.1. The van der Waals surface area contributed by atoms with Gasteiger partial charge in [0.2, 0.25) is 17.2 Å². The van der Waals surface area contributed by atoms with Crippen molar-refractivity contribution in [3.8, 4) is 22.8 Å². The van der Waals surface area contributed by atoms with E-state index >= 15 is 0 Å². The summed E-state index contributed by atoms with van der Waals surface area (Å²) in [4.78, 5) is 133. The first-order valence-corrected chi connectivity index (χ1v) is 32.5. The average Bonchev–Trinajstić information content (AvgIpc) is 1.63. The molecule has 33 heteroatoms. The van der Waals surface area contributed by atoms with E-state index in [2.05, 4.69) is 29.8 Å². The zero-order chi connectivity index (χ0) is 70.9. The summed E-state index contributed by atoms with van der Waals surface area (Å²) in [6.07, 6.45) is 4.06. The number of aromatic nitrogens is 12.